The third kappa shape index (κ3) is 4.42. The molecule has 0 radical (unpaired) electrons. The predicted octanol–water partition coefficient (Wildman–Crippen LogP) is 2.03. The first kappa shape index (κ1) is 22.8. The molecular weight excluding hydrogens is 464 g/mol. The third-order valence-electron chi connectivity index (χ3n) is 7.25. The number of carbonyl (C=O) groups is 1. The number of carbonyl (C=O) groups excluding carboxylic acids is 1. The summed E-state index contributed by atoms with van der Waals surface area (Å²) in [5.74, 6) is 0.127. The lowest BCUT2D eigenvalue weighted by Crippen LogP contribution is -2.46. The maximum atomic E-state index is 13.5. The molecule has 0 saturated carbocycles. The minimum atomic E-state index is -1.17. The van der Waals surface area contributed by atoms with Crippen LogP contribution < -0.4 is 5.01 Å². The molecule has 4 aliphatic heterocycles. The standard InChI is InChI=1S/C26H30N4O4S/c31-26(29-11-15-34-16-12-29)24-22-18-35(32)23-4-2-1-3-21(23)25(22)30(27-24)20-7-5-19(6-8-20)17-28-9-13-33-14-10-28/h1-8,22,25H,9-18H2. The highest BCUT2D eigenvalue weighted by atomic mass is 32.2. The van der Waals surface area contributed by atoms with Crippen molar-refractivity contribution in [2.75, 3.05) is 63.4 Å². The molecule has 3 atom stereocenters. The summed E-state index contributed by atoms with van der Waals surface area (Å²) >= 11 is 0. The van der Waals surface area contributed by atoms with E-state index in [0.717, 1.165) is 49.0 Å². The van der Waals surface area contributed by atoms with E-state index in [1.807, 2.05) is 34.2 Å². The van der Waals surface area contributed by atoms with Gasteiger partial charge < -0.3 is 14.4 Å². The number of ether oxygens (including phenoxy) is 2. The first-order chi connectivity index (χ1) is 17.2. The molecule has 0 spiro atoms. The maximum absolute atomic E-state index is 13.5. The summed E-state index contributed by atoms with van der Waals surface area (Å²) in [5, 5.41) is 6.89. The van der Waals surface area contributed by atoms with Gasteiger partial charge in [0.05, 0.1) is 49.0 Å². The van der Waals surface area contributed by atoms with Crippen LogP contribution in [-0.2, 0) is 31.6 Å². The minimum absolute atomic E-state index is 0.0638. The molecule has 4 aliphatic rings. The number of nitrogens with zero attached hydrogens (tertiary/aromatic N) is 4. The lowest BCUT2D eigenvalue weighted by Gasteiger charge is -2.34. The zero-order valence-corrected chi connectivity index (χ0v) is 20.5. The molecule has 2 aromatic carbocycles. The van der Waals surface area contributed by atoms with Gasteiger partial charge in [-0.15, -0.1) is 0 Å². The van der Waals surface area contributed by atoms with E-state index in [9.17, 15) is 9.00 Å². The molecule has 184 valence electrons. The van der Waals surface area contributed by atoms with Gasteiger partial charge in [0.1, 0.15) is 5.71 Å². The van der Waals surface area contributed by atoms with Crippen LogP contribution in [0.4, 0.5) is 5.69 Å². The average molecular weight is 495 g/mol. The van der Waals surface area contributed by atoms with Crippen LogP contribution in [0.25, 0.3) is 0 Å². The highest BCUT2D eigenvalue weighted by Gasteiger charge is 2.47. The second-order valence-electron chi connectivity index (χ2n) is 9.39. The zero-order chi connectivity index (χ0) is 23.8. The summed E-state index contributed by atoms with van der Waals surface area (Å²) in [6.45, 7) is 6.55. The highest BCUT2D eigenvalue weighted by molar-refractivity contribution is 7.85. The quantitative estimate of drug-likeness (QED) is 0.648. The predicted molar refractivity (Wildman–Crippen MR) is 134 cm³/mol. The van der Waals surface area contributed by atoms with Crippen LogP contribution >= 0.6 is 0 Å². The average Bonchev–Trinajstić information content (AvgIpc) is 3.29. The third-order valence-corrected chi connectivity index (χ3v) is 8.78. The van der Waals surface area contributed by atoms with Crippen LogP contribution in [0, 0.1) is 5.92 Å². The van der Waals surface area contributed by atoms with E-state index in [2.05, 4.69) is 29.2 Å². The molecule has 35 heavy (non-hydrogen) atoms. The van der Waals surface area contributed by atoms with Crippen molar-refractivity contribution >= 4 is 28.1 Å². The van der Waals surface area contributed by atoms with Crippen LogP contribution in [0.3, 0.4) is 0 Å². The maximum Gasteiger partial charge on any atom is 0.270 e. The largest absolute Gasteiger partial charge is 0.379 e. The lowest BCUT2D eigenvalue weighted by molar-refractivity contribution is -0.128. The number of anilines is 1. The second kappa shape index (κ2) is 9.81. The van der Waals surface area contributed by atoms with E-state index in [0.29, 0.717) is 37.8 Å². The Morgan fingerprint density at radius 2 is 1.63 bits per heavy atom. The van der Waals surface area contributed by atoms with Crippen LogP contribution in [0.15, 0.2) is 58.5 Å². The Morgan fingerprint density at radius 3 is 2.37 bits per heavy atom. The van der Waals surface area contributed by atoms with Crippen LogP contribution in [0.2, 0.25) is 0 Å². The fourth-order valence-corrected chi connectivity index (χ4v) is 6.92. The Morgan fingerprint density at radius 1 is 0.943 bits per heavy atom. The van der Waals surface area contributed by atoms with E-state index < -0.39 is 10.8 Å². The molecule has 2 saturated heterocycles. The van der Waals surface area contributed by atoms with Gasteiger partial charge in [0.25, 0.3) is 5.91 Å². The van der Waals surface area contributed by atoms with Gasteiger partial charge in [-0.2, -0.15) is 5.10 Å². The molecule has 0 N–H and O–H groups in total. The molecule has 3 unspecified atom stereocenters. The fourth-order valence-electron chi connectivity index (χ4n) is 5.40. The van der Waals surface area contributed by atoms with Gasteiger partial charge in [-0.1, -0.05) is 30.3 Å². The van der Waals surface area contributed by atoms with Gasteiger partial charge in [0.15, 0.2) is 0 Å². The van der Waals surface area contributed by atoms with Crippen LogP contribution in [0.5, 0.6) is 0 Å². The first-order valence-electron chi connectivity index (χ1n) is 12.3. The minimum Gasteiger partial charge on any atom is -0.379 e. The molecule has 4 heterocycles. The summed E-state index contributed by atoms with van der Waals surface area (Å²) in [6, 6.07) is 16.2. The van der Waals surface area contributed by atoms with E-state index in [1.54, 1.807) is 0 Å². The summed E-state index contributed by atoms with van der Waals surface area (Å²) in [6.07, 6.45) is 0. The number of hydrazone groups is 1. The summed E-state index contributed by atoms with van der Waals surface area (Å²) in [5.41, 5.74) is 3.69. The first-order valence-corrected chi connectivity index (χ1v) is 13.6. The van der Waals surface area contributed by atoms with E-state index >= 15 is 0 Å². The molecular formula is C26H30N4O4S. The van der Waals surface area contributed by atoms with E-state index in [-0.39, 0.29) is 17.9 Å². The van der Waals surface area contributed by atoms with Crippen molar-refractivity contribution in [2.45, 2.75) is 17.5 Å². The molecule has 2 fully saturated rings. The highest BCUT2D eigenvalue weighted by Crippen LogP contribution is 2.45. The molecule has 0 aliphatic carbocycles. The number of rotatable bonds is 4. The number of fused-ring (bicyclic) bond motifs is 3. The van der Waals surface area contributed by atoms with Crippen molar-refractivity contribution in [3.05, 3.63) is 59.7 Å². The van der Waals surface area contributed by atoms with Gasteiger partial charge in [0, 0.05) is 49.3 Å². The van der Waals surface area contributed by atoms with Crippen LogP contribution in [0.1, 0.15) is 17.2 Å². The van der Waals surface area contributed by atoms with Gasteiger partial charge in [-0.05, 0) is 29.3 Å². The van der Waals surface area contributed by atoms with Crippen molar-refractivity contribution in [2.24, 2.45) is 11.0 Å². The number of hydrogen-bond acceptors (Lipinski definition) is 7. The zero-order valence-electron chi connectivity index (χ0n) is 19.7. The van der Waals surface area contributed by atoms with Crippen molar-refractivity contribution in [3.63, 3.8) is 0 Å². The Hall–Kier alpha value is -2.59. The topological polar surface area (TPSA) is 74.7 Å². The molecule has 0 bridgehead atoms. The second-order valence-corrected chi connectivity index (χ2v) is 10.9. The van der Waals surface area contributed by atoms with E-state index in [1.165, 1.54) is 5.56 Å². The Balaban J connectivity index is 1.32. The number of benzene rings is 2. The molecule has 9 heteroatoms. The Kier molecular flexibility index (Phi) is 6.40. The Bertz CT molecular complexity index is 1140. The van der Waals surface area contributed by atoms with Gasteiger partial charge in [-0.25, -0.2) is 0 Å². The molecule has 1 amide bonds. The fraction of sp³-hybridized carbons (Fsp3) is 0.462. The summed E-state index contributed by atoms with van der Waals surface area (Å²) < 4.78 is 24.0. The number of hydrogen-bond donors (Lipinski definition) is 0. The molecule has 8 nitrogen and oxygen atoms in total. The Labute approximate surface area is 207 Å². The number of amides is 1. The molecule has 2 aromatic rings. The monoisotopic (exact) mass is 494 g/mol. The smallest absolute Gasteiger partial charge is 0.270 e. The van der Waals surface area contributed by atoms with Gasteiger partial charge in [0.2, 0.25) is 0 Å². The normalized spacial score (nSPS) is 26.7. The number of morpholine rings is 2. The van der Waals surface area contributed by atoms with Crippen molar-refractivity contribution in [1.82, 2.24) is 9.80 Å². The summed E-state index contributed by atoms with van der Waals surface area (Å²) in [4.78, 5) is 18.6. The van der Waals surface area contributed by atoms with Gasteiger partial charge >= 0.3 is 0 Å². The van der Waals surface area contributed by atoms with Gasteiger partial charge in [-0.3, -0.25) is 18.9 Å². The van der Waals surface area contributed by atoms with E-state index in [4.69, 9.17) is 14.6 Å². The molecule has 0 aromatic heterocycles. The van der Waals surface area contributed by atoms with Crippen molar-refractivity contribution < 1.29 is 18.5 Å². The SMILES string of the molecule is O=C(C1=NN(c2ccc(CN3CCOCC3)cc2)C2c3ccccc3S(=O)CC12)N1CCOCC1. The lowest BCUT2D eigenvalue weighted by atomic mass is 9.90. The van der Waals surface area contributed by atoms with Crippen molar-refractivity contribution in [1.29, 1.82) is 0 Å². The molecule has 6 rings (SSSR count). The van der Waals surface area contributed by atoms with Crippen molar-refractivity contribution in [3.8, 4) is 0 Å². The summed E-state index contributed by atoms with van der Waals surface area (Å²) in [7, 11) is -1.17. The van der Waals surface area contributed by atoms with Crippen LogP contribution in [-0.4, -0.2) is 84.0 Å².